The Kier molecular flexibility index (Phi) is 7.83. The summed E-state index contributed by atoms with van der Waals surface area (Å²) < 4.78 is 0. The third-order valence-electron chi connectivity index (χ3n) is 9.96. The molecule has 4 aliphatic rings. The zero-order chi connectivity index (χ0) is 26.8. The topological polar surface area (TPSA) is 60.9 Å². The summed E-state index contributed by atoms with van der Waals surface area (Å²) in [5, 5.41) is 9.17. The molecule has 2 aromatic carbocycles. The molecule has 0 aromatic heterocycles. The van der Waals surface area contributed by atoms with Gasteiger partial charge in [-0.1, -0.05) is 43.5 Å². The molecule has 0 radical (unpaired) electrons. The first kappa shape index (κ1) is 26.8. The average molecular weight is 517 g/mol. The number of fused-ring (bicyclic) bond motifs is 3. The maximum absolute atomic E-state index is 14.0. The molecule has 2 aromatic rings. The summed E-state index contributed by atoms with van der Waals surface area (Å²) in [6, 6.07) is 17.3. The highest BCUT2D eigenvalue weighted by Crippen LogP contribution is 2.58. The molecule has 0 heterocycles. The lowest BCUT2D eigenvalue weighted by atomic mass is 9.51. The lowest BCUT2D eigenvalue weighted by molar-refractivity contribution is -0.137. The minimum atomic E-state index is -0.784. The highest BCUT2D eigenvalue weighted by atomic mass is 16.4. The van der Waals surface area contributed by atoms with E-state index in [2.05, 4.69) is 60.3 Å². The van der Waals surface area contributed by atoms with Crippen molar-refractivity contribution in [1.82, 2.24) is 0 Å². The molecule has 0 aliphatic heterocycles. The van der Waals surface area contributed by atoms with Crippen molar-refractivity contribution in [1.29, 1.82) is 0 Å². The fourth-order valence-corrected chi connectivity index (χ4v) is 7.38. The number of aliphatic carboxylic acids is 1. The van der Waals surface area contributed by atoms with Crippen molar-refractivity contribution in [2.75, 3.05) is 30.4 Å². The summed E-state index contributed by atoms with van der Waals surface area (Å²) in [5.74, 6) is -0.380. The van der Waals surface area contributed by atoms with E-state index in [0.717, 1.165) is 62.7 Å². The van der Waals surface area contributed by atoms with Crippen LogP contribution in [0.2, 0.25) is 0 Å². The predicted molar refractivity (Wildman–Crippen MR) is 154 cm³/mol. The fraction of sp³-hybridized carbons (Fsp3) is 0.576. The largest absolute Gasteiger partial charge is 0.481 e. The Hall–Kier alpha value is -2.82. The SMILES string of the molecule is CN(C)c1ccc(C23CCC(CN(C(=O)C4CCCCC4)c4cccc(CCC(=O)O)c4)(CC2)CC3)cc1. The second-order valence-electron chi connectivity index (χ2n) is 12.5. The summed E-state index contributed by atoms with van der Waals surface area (Å²) in [6.45, 7) is 0.792. The van der Waals surface area contributed by atoms with E-state index < -0.39 is 5.97 Å². The second kappa shape index (κ2) is 11.1. The number of carbonyl (C=O) groups excluding carboxylic acids is 1. The summed E-state index contributed by atoms with van der Waals surface area (Å²) in [6.07, 6.45) is 13.2. The number of benzene rings is 2. The van der Waals surface area contributed by atoms with Crippen molar-refractivity contribution in [3.8, 4) is 0 Å². The number of carboxylic acid groups (broad SMARTS) is 1. The Morgan fingerprint density at radius 3 is 2.13 bits per heavy atom. The normalized spacial score (nSPS) is 25.2. The molecule has 0 unspecified atom stereocenters. The monoisotopic (exact) mass is 516 g/mol. The molecule has 6 rings (SSSR count). The molecular formula is C33H44N2O3. The van der Waals surface area contributed by atoms with Crippen LogP contribution in [0.5, 0.6) is 0 Å². The van der Waals surface area contributed by atoms with Crippen molar-refractivity contribution >= 4 is 23.3 Å². The van der Waals surface area contributed by atoms with Crippen LogP contribution in [0.3, 0.4) is 0 Å². The van der Waals surface area contributed by atoms with Gasteiger partial charge in [0.1, 0.15) is 0 Å². The smallest absolute Gasteiger partial charge is 0.303 e. The molecule has 38 heavy (non-hydrogen) atoms. The number of aryl methyl sites for hydroxylation is 1. The molecule has 2 bridgehead atoms. The summed E-state index contributed by atoms with van der Waals surface area (Å²) in [4.78, 5) is 29.5. The van der Waals surface area contributed by atoms with Gasteiger partial charge in [0.2, 0.25) is 5.91 Å². The van der Waals surface area contributed by atoms with E-state index in [-0.39, 0.29) is 29.1 Å². The number of carboxylic acids is 1. The van der Waals surface area contributed by atoms with Crippen LogP contribution in [0.15, 0.2) is 48.5 Å². The quantitative estimate of drug-likeness (QED) is 0.391. The van der Waals surface area contributed by atoms with Crippen LogP contribution < -0.4 is 9.80 Å². The number of rotatable bonds is 9. The predicted octanol–water partition coefficient (Wildman–Crippen LogP) is 6.98. The van der Waals surface area contributed by atoms with Gasteiger partial charge < -0.3 is 14.9 Å². The van der Waals surface area contributed by atoms with Crippen LogP contribution in [-0.4, -0.2) is 37.6 Å². The Labute approximate surface area is 228 Å². The third kappa shape index (κ3) is 5.62. The lowest BCUT2D eigenvalue weighted by Crippen LogP contribution is -2.51. The van der Waals surface area contributed by atoms with Gasteiger partial charge in [0.25, 0.3) is 0 Å². The van der Waals surface area contributed by atoms with Crippen molar-refractivity contribution < 1.29 is 14.7 Å². The van der Waals surface area contributed by atoms with Crippen LogP contribution in [0.25, 0.3) is 0 Å². The Balaban J connectivity index is 1.36. The summed E-state index contributed by atoms with van der Waals surface area (Å²) >= 11 is 0. The second-order valence-corrected chi connectivity index (χ2v) is 12.5. The van der Waals surface area contributed by atoms with Crippen LogP contribution in [-0.2, 0) is 21.4 Å². The number of hydrogen-bond donors (Lipinski definition) is 1. The zero-order valence-electron chi connectivity index (χ0n) is 23.3. The molecule has 0 atom stereocenters. The number of carbonyl (C=O) groups is 2. The molecule has 1 amide bonds. The van der Waals surface area contributed by atoms with Gasteiger partial charge >= 0.3 is 5.97 Å². The number of hydrogen-bond acceptors (Lipinski definition) is 3. The van der Waals surface area contributed by atoms with Gasteiger partial charge in [0.15, 0.2) is 0 Å². The van der Waals surface area contributed by atoms with E-state index in [0.29, 0.717) is 6.42 Å². The average Bonchev–Trinajstić information content (AvgIpc) is 2.96. The maximum atomic E-state index is 14.0. The van der Waals surface area contributed by atoms with Gasteiger partial charge in [-0.2, -0.15) is 0 Å². The standard InChI is InChI=1S/C33H44N2O3/c1-34(2)28-14-12-27(13-15-28)33-20-17-32(18-21-33,19-22-33)24-35(31(38)26-8-4-3-5-9-26)29-10-6-7-25(23-29)11-16-30(36)37/h6-7,10,12-15,23,26H,3-5,8-9,11,16-22,24H2,1-2H3,(H,36,37). The molecule has 1 N–H and O–H groups in total. The van der Waals surface area contributed by atoms with Crippen molar-refractivity contribution in [3.63, 3.8) is 0 Å². The minimum absolute atomic E-state index is 0.113. The Morgan fingerprint density at radius 2 is 1.53 bits per heavy atom. The van der Waals surface area contributed by atoms with E-state index >= 15 is 0 Å². The zero-order valence-corrected chi connectivity index (χ0v) is 23.3. The summed E-state index contributed by atoms with van der Waals surface area (Å²) in [7, 11) is 4.18. The first-order chi connectivity index (χ1) is 18.3. The third-order valence-corrected chi connectivity index (χ3v) is 9.96. The van der Waals surface area contributed by atoms with E-state index in [9.17, 15) is 14.7 Å². The highest BCUT2D eigenvalue weighted by molar-refractivity contribution is 5.95. The van der Waals surface area contributed by atoms with E-state index in [4.69, 9.17) is 0 Å². The Bertz CT molecular complexity index is 1110. The lowest BCUT2D eigenvalue weighted by Gasteiger charge is -2.55. The molecule has 4 saturated carbocycles. The minimum Gasteiger partial charge on any atom is -0.481 e. The molecule has 0 spiro atoms. The maximum Gasteiger partial charge on any atom is 0.303 e. The van der Waals surface area contributed by atoms with Crippen LogP contribution in [0.4, 0.5) is 11.4 Å². The van der Waals surface area contributed by atoms with Crippen molar-refractivity contribution in [2.45, 2.75) is 88.9 Å². The van der Waals surface area contributed by atoms with E-state index in [1.54, 1.807) is 0 Å². The molecule has 0 saturated heterocycles. The Morgan fingerprint density at radius 1 is 0.868 bits per heavy atom. The van der Waals surface area contributed by atoms with Crippen LogP contribution in [0, 0.1) is 11.3 Å². The van der Waals surface area contributed by atoms with Crippen LogP contribution in [0.1, 0.15) is 88.2 Å². The van der Waals surface area contributed by atoms with Crippen molar-refractivity contribution in [3.05, 3.63) is 59.7 Å². The van der Waals surface area contributed by atoms with E-state index in [1.165, 1.54) is 36.9 Å². The number of anilines is 2. The van der Waals surface area contributed by atoms with Gasteiger partial charge in [0.05, 0.1) is 0 Å². The fourth-order valence-electron chi connectivity index (χ4n) is 7.38. The van der Waals surface area contributed by atoms with Crippen LogP contribution >= 0.6 is 0 Å². The first-order valence-corrected chi connectivity index (χ1v) is 14.7. The van der Waals surface area contributed by atoms with Crippen molar-refractivity contribution in [2.24, 2.45) is 11.3 Å². The van der Waals surface area contributed by atoms with E-state index in [1.807, 2.05) is 12.1 Å². The molecule has 5 nitrogen and oxygen atoms in total. The highest BCUT2D eigenvalue weighted by Gasteiger charge is 2.50. The van der Waals surface area contributed by atoms with Gasteiger partial charge in [-0.05, 0) is 104 Å². The van der Waals surface area contributed by atoms with Gasteiger partial charge in [0, 0.05) is 44.4 Å². The number of nitrogens with zero attached hydrogens (tertiary/aromatic N) is 2. The molecule has 4 fully saturated rings. The first-order valence-electron chi connectivity index (χ1n) is 14.7. The molecule has 204 valence electrons. The molecule has 5 heteroatoms. The van der Waals surface area contributed by atoms with Gasteiger partial charge in [-0.15, -0.1) is 0 Å². The number of amides is 1. The summed E-state index contributed by atoms with van der Waals surface area (Å²) in [5.41, 5.74) is 5.14. The molecule has 4 aliphatic carbocycles. The van der Waals surface area contributed by atoms with Gasteiger partial charge in [-0.3, -0.25) is 9.59 Å². The molecular weight excluding hydrogens is 472 g/mol. The van der Waals surface area contributed by atoms with Gasteiger partial charge in [-0.25, -0.2) is 0 Å².